The van der Waals surface area contributed by atoms with Crippen molar-refractivity contribution < 1.29 is 0 Å². The molecule has 3 aromatic heterocycles. The van der Waals surface area contributed by atoms with Gasteiger partial charge in [-0.2, -0.15) is 15.3 Å². The van der Waals surface area contributed by atoms with E-state index in [2.05, 4.69) is 56.5 Å². The number of aromatic nitrogens is 6. The van der Waals surface area contributed by atoms with Gasteiger partial charge < -0.3 is 5.32 Å². The topological polar surface area (TPSA) is 76.3 Å². The highest BCUT2D eigenvalue weighted by molar-refractivity contribution is 6.36. The number of fused-ring (bicyclic) bond motifs is 2. The van der Waals surface area contributed by atoms with Crippen molar-refractivity contribution in [2.24, 2.45) is 12.5 Å². The lowest BCUT2D eigenvalue weighted by Gasteiger charge is -2.54. The minimum absolute atomic E-state index is 0.417. The smallest absolute Gasteiger partial charge is 0.101 e. The third-order valence-electron chi connectivity index (χ3n) is 7.97. The predicted octanol–water partition coefficient (Wildman–Crippen LogP) is 5.17. The van der Waals surface area contributed by atoms with Crippen LogP contribution in [0.3, 0.4) is 0 Å². The summed E-state index contributed by atoms with van der Waals surface area (Å²) in [6, 6.07) is 8.94. The van der Waals surface area contributed by atoms with Gasteiger partial charge in [0.05, 0.1) is 34.5 Å². The maximum atomic E-state index is 7.01. The SMILES string of the molecule is Cc1cc2[nH]ncc2c(-c2c(-c3ccc4c(cnn4C)c3)nn(C3CC4(CNC4)C3)c2C)c1Cl. The number of benzene rings is 2. The first-order valence-electron chi connectivity index (χ1n) is 11.8. The van der Waals surface area contributed by atoms with Gasteiger partial charge in [-0.3, -0.25) is 14.5 Å². The molecule has 2 aromatic carbocycles. The van der Waals surface area contributed by atoms with Crippen LogP contribution in [0.25, 0.3) is 44.2 Å². The summed E-state index contributed by atoms with van der Waals surface area (Å²) in [6.45, 7) is 6.48. The summed E-state index contributed by atoms with van der Waals surface area (Å²) in [7, 11) is 1.97. The van der Waals surface area contributed by atoms with E-state index in [-0.39, 0.29) is 0 Å². The fourth-order valence-corrected chi connectivity index (χ4v) is 6.26. The van der Waals surface area contributed by atoms with Crippen LogP contribution in [0.15, 0.2) is 36.7 Å². The van der Waals surface area contributed by atoms with Crippen LogP contribution in [-0.4, -0.2) is 42.8 Å². The van der Waals surface area contributed by atoms with Gasteiger partial charge in [-0.05, 0) is 55.9 Å². The summed E-state index contributed by atoms with van der Waals surface area (Å²) in [6.07, 6.45) is 6.13. The molecule has 172 valence electrons. The fourth-order valence-electron chi connectivity index (χ4n) is 6.01. The molecule has 0 atom stereocenters. The summed E-state index contributed by atoms with van der Waals surface area (Å²) < 4.78 is 4.16. The molecule has 0 amide bonds. The molecule has 1 spiro atoms. The average molecular weight is 472 g/mol. The van der Waals surface area contributed by atoms with E-state index in [4.69, 9.17) is 16.7 Å². The first-order chi connectivity index (χ1) is 16.4. The van der Waals surface area contributed by atoms with E-state index in [1.54, 1.807) is 0 Å². The van der Waals surface area contributed by atoms with Crippen molar-refractivity contribution in [2.75, 3.05) is 13.1 Å². The van der Waals surface area contributed by atoms with Gasteiger partial charge in [-0.1, -0.05) is 17.7 Å². The van der Waals surface area contributed by atoms with Crippen LogP contribution in [0.1, 0.15) is 30.1 Å². The van der Waals surface area contributed by atoms with Crippen molar-refractivity contribution in [3.8, 4) is 22.4 Å². The van der Waals surface area contributed by atoms with E-state index in [0.29, 0.717) is 11.5 Å². The highest BCUT2D eigenvalue weighted by atomic mass is 35.5. The third kappa shape index (κ3) is 2.71. The lowest BCUT2D eigenvalue weighted by atomic mass is 9.61. The Kier molecular flexibility index (Phi) is 4.12. The number of aryl methyl sites for hydroxylation is 2. The van der Waals surface area contributed by atoms with E-state index in [1.165, 1.54) is 12.8 Å². The molecule has 0 radical (unpaired) electrons. The number of hydrogen-bond acceptors (Lipinski definition) is 4. The monoisotopic (exact) mass is 471 g/mol. The normalized spacial score (nSPS) is 17.5. The molecule has 7 rings (SSSR count). The summed E-state index contributed by atoms with van der Waals surface area (Å²) in [5.74, 6) is 0. The number of halogens is 1. The van der Waals surface area contributed by atoms with Crippen LogP contribution in [0.2, 0.25) is 5.02 Å². The van der Waals surface area contributed by atoms with Crippen LogP contribution in [0.5, 0.6) is 0 Å². The number of hydrogen-bond donors (Lipinski definition) is 2. The van der Waals surface area contributed by atoms with Crippen LogP contribution in [0, 0.1) is 19.3 Å². The Morgan fingerprint density at radius 2 is 1.91 bits per heavy atom. The van der Waals surface area contributed by atoms with Gasteiger partial charge >= 0.3 is 0 Å². The largest absolute Gasteiger partial charge is 0.316 e. The van der Waals surface area contributed by atoms with E-state index >= 15 is 0 Å². The first-order valence-corrected chi connectivity index (χ1v) is 12.2. The summed E-state index contributed by atoms with van der Waals surface area (Å²) in [5.41, 5.74) is 8.88. The number of aromatic amines is 1. The zero-order valence-corrected chi connectivity index (χ0v) is 20.2. The van der Waals surface area contributed by atoms with Crippen LogP contribution < -0.4 is 5.32 Å². The molecule has 1 aliphatic heterocycles. The minimum atomic E-state index is 0.417. The Morgan fingerprint density at radius 3 is 2.68 bits per heavy atom. The number of H-pyrrole nitrogens is 1. The predicted molar refractivity (Wildman–Crippen MR) is 135 cm³/mol. The van der Waals surface area contributed by atoms with Crippen LogP contribution in [-0.2, 0) is 7.05 Å². The van der Waals surface area contributed by atoms with Gasteiger partial charge in [0.2, 0.25) is 0 Å². The average Bonchev–Trinajstić information content (AvgIpc) is 3.46. The molecule has 2 N–H and O–H groups in total. The van der Waals surface area contributed by atoms with Crippen molar-refractivity contribution in [3.63, 3.8) is 0 Å². The first kappa shape index (κ1) is 20.2. The summed E-state index contributed by atoms with van der Waals surface area (Å²) in [4.78, 5) is 0. The van der Waals surface area contributed by atoms with Crippen molar-refractivity contribution in [1.82, 2.24) is 35.1 Å². The highest BCUT2D eigenvalue weighted by Crippen LogP contribution is 2.53. The van der Waals surface area contributed by atoms with Crippen molar-refractivity contribution in [1.29, 1.82) is 0 Å². The van der Waals surface area contributed by atoms with Gasteiger partial charge in [0.15, 0.2) is 0 Å². The van der Waals surface area contributed by atoms with Crippen molar-refractivity contribution in [2.45, 2.75) is 32.7 Å². The Bertz CT molecular complexity index is 1590. The van der Waals surface area contributed by atoms with E-state index in [0.717, 1.165) is 73.6 Å². The van der Waals surface area contributed by atoms with Gasteiger partial charge in [-0.15, -0.1) is 0 Å². The van der Waals surface area contributed by atoms with Crippen molar-refractivity contribution >= 4 is 33.4 Å². The number of rotatable bonds is 3. The van der Waals surface area contributed by atoms with Crippen LogP contribution in [0.4, 0.5) is 0 Å². The molecular weight excluding hydrogens is 446 g/mol. The lowest BCUT2D eigenvalue weighted by Crippen LogP contribution is -2.60. The minimum Gasteiger partial charge on any atom is -0.316 e. The molecule has 8 heteroatoms. The lowest BCUT2D eigenvalue weighted by molar-refractivity contribution is 0.00164. The van der Waals surface area contributed by atoms with Crippen LogP contribution >= 0.6 is 11.6 Å². The standard InChI is InChI=1S/C26H26ClN7/c1-14-6-20-19(11-29-31-20)23(24(14)27)22-15(2)34(18-8-26(9-18)12-28-13-26)32-25(22)16-4-5-21-17(7-16)10-30-33(21)3/h4-7,10-11,18,28H,8-9,12-13H2,1-3H3,(H,29,31). The molecule has 1 saturated heterocycles. The van der Waals surface area contributed by atoms with E-state index < -0.39 is 0 Å². The molecule has 7 nitrogen and oxygen atoms in total. The zero-order chi connectivity index (χ0) is 23.2. The Hall–Kier alpha value is -3.16. The Labute approximate surface area is 202 Å². The second-order valence-electron chi connectivity index (χ2n) is 10.2. The van der Waals surface area contributed by atoms with E-state index in [9.17, 15) is 0 Å². The van der Waals surface area contributed by atoms with Gasteiger partial charge in [0.25, 0.3) is 0 Å². The van der Waals surface area contributed by atoms with Gasteiger partial charge in [0.1, 0.15) is 5.69 Å². The second-order valence-corrected chi connectivity index (χ2v) is 10.6. The number of nitrogens with one attached hydrogen (secondary N) is 2. The maximum Gasteiger partial charge on any atom is 0.101 e. The Morgan fingerprint density at radius 1 is 1.09 bits per heavy atom. The molecule has 2 aliphatic rings. The van der Waals surface area contributed by atoms with Crippen molar-refractivity contribution in [3.05, 3.63) is 52.9 Å². The molecule has 34 heavy (non-hydrogen) atoms. The Balaban J connectivity index is 1.47. The van der Waals surface area contributed by atoms with Gasteiger partial charge in [-0.25, -0.2) is 0 Å². The quantitative estimate of drug-likeness (QED) is 0.380. The second kappa shape index (κ2) is 6.93. The molecule has 0 bridgehead atoms. The molecule has 1 saturated carbocycles. The zero-order valence-electron chi connectivity index (χ0n) is 19.5. The molecular formula is C26H26ClN7. The highest BCUT2D eigenvalue weighted by Gasteiger charge is 2.50. The molecule has 4 heterocycles. The van der Waals surface area contributed by atoms with Gasteiger partial charge in [0, 0.05) is 53.3 Å². The maximum absolute atomic E-state index is 7.01. The molecule has 0 unspecified atom stereocenters. The summed E-state index contributed by atoms with van der Waals surface area (Å²) in [5, 5.41) is 23.5. The van der Waals surface area contributed by atoms with E-state index in [1.807, 2.05) is 31.0 Å². The number of nitrogens with zero attached hydrogens (tertiary/aromatic N) is 5. The fraction of sp³-hybridized carbons (Fsp3) is 0.346. The molecule has 1 aliphatic carbocycles. The summed E-state index contributed by atoms with van der Waals surface area (Å²) >= 11 is 7.01. The molecule has 5 aromatic rings. The molecule has 2 fully saturated rings. The third-order valence-corrected chi connectivity index (χ3v) is 8.45.